The Bertz CT molecular complexity index is 1880. The number of hydrogen-bond acceptors (Lipinski definition) is 8. The van der Waals surface area contributed by atoms with Gasteiger partial charge >= 0.3 is 5.97 Å². The van der Waals surface area contributed by atoms with E-state index in [1.165, 1.54) is 11.3 Å². The predicted octanol–water partition coefficient (Wildman–Crippen LogP) is 5.99. The number of carbonyl (C=O) groups excluding carboxylic acids is 1. The van der Waals surface area contributed by atoms with E-state index in [9.17, 15) is 9.59 Å². The van der Waals surface area contributed by atoms with Crippen LogP contribution in [0.25, 0.3) is 11.8 Å². The van der Waals surface area contributed by atoms with Crippen molar-refractivity contribution in [2.45, 2.75) is 17.9 Å². The molecule has 0 N–H and O–H groups in total. The van der Waals surface area contributed by atoms with Crippen LogP contribution in [-0.4, -0.2) is 37.1 Å². The summed E-state index contributed by atoms with van der Waals surface area (Å²) in [7, 11) is 1.56. The average molecular weight is 678 g/mol. The van der Waals surface area contributed by atoms with Crippen molar-refractivity contribution in [1.29, 1.82) is 0 Å². The molecule has 220 valence electrons. The summed E-state index contributed by atoms with van der Waals surface area (Å²) in [4.78, 5) is 34.2. The van der Waals surface area contributed by atoms with Gasteiger partial charge in [0.25, 0.3) is 5.56 Å². The molecular weight excluding hydrogens is 648 g/mol. The molecule has 4 aromatic rings. The Kier molecular flexibility index (Phi) is 9.69. The first-order valence-electron chi connectivity index (χ1n) is 13.4. The Morgan fingerprint density at radius 1 is 1.16 bits per heavy atom. The Balaban J connectivity index is 1.76. The number of benzene rings is 3. The zero-order chi connectivity index (χ0) is 30.5. The fourth-order valence-electron chi connectivity index (χ4n) is 4.80. The molecule has 0 bridgehead atoms. The molecule has 0 fully saturated rings. The van der Waals surface area contributed by atoms with Crippen LogP contribution in [0, 0.1) is 0 Å². The molecule has 2 heterocycles. The van der Waals surface area contributed by atoms with Gasteiger partial charge < -0.3 is 14.2 Å². The highest BCUT2D eigenvalue weighted by atomic mass is 79.9. The van der Waals surface area contributed by atoms with Gasteiger partial charge in [-0.15, -0.1) is 11.8 Å². The third kappa shape index (κ3) is 6.27. The molecule has 1 atom stereocenters. The molecule has 1 aliphatic heterocycles. The number of hydrogen-bond donors (Lipinski definition) is 0. The standard InChI is InChI=1S/C33H29BrN2O5S2/c1-5-16-41-30-24(34)17-20(18-25(30)39-3)19-26-31(37)36-29(22-12-14-23(42-4)15-13-22)27(32(38)40-6-2)28(35-33(36)43-26)21-10-8-7-9-11-21/h5,7-15,17-19,29H,1,6,16H2,2-4H3/b26-19-/t29-/m1/s1. The second-order valence-electron chi connectivity index (χ2n) is 9.34. The van der Waals surface area contributed by atoms with Crippen LogP contribution >= 0.6 is 39.0 Å². The molecule has 7 nitrogen and oxygen atoms in total. The van der Waals surface area contributed by atoms with E-state index in [-0.39, 0.29) is 12.2 Å². The van der Waals surface area contributed by atoms with E-state index in [0.717, 1.165) is 21.6 Å². The number of nitrogens with zero attached hydrogens (tertiary/aromatic N) is 2. The third-order valence-electron chi connectivity index (χ3n) is 6.70. The van der Waals surface area contributed by atoms with Gasteiger partial charge in [-0.2, -0.15) is 0 Å². The largest absolute Gasteiger partial charge is 0.493 e. The number of rotatable bonds is 10. The normalized spacial score (nSPS) is 14.6. The number of methoxy groups -OCH3 is 1. The van der Waals surface area contributed by atoms with Gasteiger partial charge in [-0.05, 0) is 70.6 Å². The van der Waals surface area contributed by atoms with Gasteiger partial charge in [-0.1, -0.05) is 66.5 Å². The van der Waals surface area contributed by atoms with Crippen LogP contribution in [0.4, 0.5) is 0 Å². The van der Waals surface area contributed by atoms with Crippen molar-refractivity contribution in [3.8, 4) is 11.5 Å². The van der Waals surface area contributed by atoms with E-state index in [1.54, 1.807) is 48.6 Å². The number of thioether (sulfide) groups is 1. The minimum Gasteiger partial charge on any atom is -0.493 e. The van der Waals surface area contributed by atoms with E-state index < -0.39 is 12.0 Å². The lowest BCUT2D eigenvalue weighted by molar-refractivity contribution is -0.138. The Morgan fingerprint density at radius 3 is 2.56 bits per heavy atom. The number of thiazole rings is 1. The van der Waals surface area contributed by atoms with Gasteiger partial charge in [0.15, 0.2) is 16.3 Å². The predicted molar refractivity (Wildman–Crippen MR) is 176 cm³/mol. The minimum atomic E-state index is -0.737. The molecule has 0 radical (unpaired) electrons. The summed E-state index contributed by atoms with van der Waals surface area (Å²) in [6.07, 6.45) is 5.44. The van der Waals surface area contributed by atoms with Crippen LogP contribution < -0.4 is 24.4 Å². The quantitative estimate of drug-likeness (QED) is 0.117. The van der Waals surface area contributed by atoms with Crippen molar-refractivity contribution in [3.05, 3.63) is 126 Å². The van der Waals surface area contributed by atoms with E-state index in [0.29, 0.717) is 43.2 Å². The zero-order valence-corrected chi connectivity index (χ0v) is 27.1. The van der Waals surface area contributed by atoms with Crippen LogP contribution in [0.2, 0.25) is 0 Å². The molecule has 1 aliphatic rings. The lowest BCUT2D eigenvalue weighted by Gasteiger charge is -2.26. The summed E-state index contributed by atoms with van der Waals surface area (Å²) < 4.78 is 19.6. The number of ether oxygens (including phenoxy) is 3. The van der Waals surface area contributed by atoms with Crippen molar-refractivity contribution in [3.63, 3.8) is 0 Å². The topological polar surface area (TPSA) is 79.1 Å². The van der Waals surface area contributed by atoms with Crippen molar-refractivity contribution in [2.24, 2.45) is 4.99 Å². The highest BCUT2D eigenvalue weighted by molar-refractivity contribution is 9.10. The van der Waals surface area contributed by atoms with E-state index in [1.807, 2.05) is 66.9 Å². The SMILES string of the molecule is C=CCOc1c(Br)cc(/C=c2\sc3n(c2=O)[C@H](c2ccc(SC)cc2)C(C(=O)OCC)=C(c2ccccc2)N=3)cc1OC. The summed E-state index contributed by atoms with van der Waals surface area (Å²) >= 11 is 6.45. The Morgan fingerprint density at radius 2 is 1.91 bits per heavy atom. The maximum absolute atomic E-state index is 14.2. The van der Waals surface area contributed by atoms with Crippen LogP contribution in [0.5, 0.6) is 11.5 Å². The summed E-state index contributed by atoms with van der Waals surface area (Å²) in [5.41, 5.74) is 2.81. The fourth-order valence-corrected chi connectivity index (χ4v) is 6.78. The monoisotopic (exact) mass is 676 g/mol. The number of fused-ring (bicyclic) bond motifs is 1. The van der Waals surface area contributed by atoms with Crippen molar-refractivity contribution in [1.82, 2.24) is 4.57 Å². The lowest BCUT2D eigenvalue weighted by Crippen LogP contribution is -2.40. The second kappa shape index (κ2) is 13.6. The molecule has 0 saturated carbocycles. The Labute approximate surface area is 266 Å². The smallest absolute Gasteiger partial charge is 0.338 e. The molecular formula is C33H29BrN2O5S2. The van der Waals surface area contributed by atoms with Crippen molar-refractivity contribution < 1.29 is 19.0 Å². The molecule has 0 saturated heterocycles. The first kappa shape index (κ1) is 30.6. The lowest BCUT2D eigenvalue weighted by atomic mass is 9.93. The molecule has 0 spiro atoms. The molecule has 0 unspecified atom stereocenters. The number of halogens is 1. The molecule has 3 aromatic carbocycles. The van der Waals surface area contributed by atoms with Gasteiger partial charge in [0.2, 0.25) is 0 Å². The van der Waals surface area contributed by atoms with Gasteiger partial charge in [-0.3, -0.25) is 9.36 Å². The average Bonchev–Trinajstić information content (AvgIpc) is 3.34. The van der Waals surface area contributed by atoms with E-state index in [4.69, 9.17) is 19.2 Å². The number of aromatic nitrogens is 1. The van der Waals surface area contributed by atoms with Gasteiger partial charge in [-0.25, -0.2) is 9.79 Å². The summed E-state index contributed by atoms with van der Waals surface area (Å²) in [5, 5.41) is 0. The fraction of sp³-hybridized carbons (Fsp3) is 0.182. The first-order chi connectivity index (χ1) is 20.9. The van der Waals surface area contributed by atoms with Crippen LogP contribution in [0.1, 0.15) is 29.7 Å². The van der Waals surface area contributed by atoms with Gasteiger partial charge in [0.05, 0.1) is 40.0 Å². The Hall–Kier alpha value is -3.86. The molecule has 1 aromatic heterocycles. The number of esters is 1. The molecule has 10 heteroatoms. The molecule has 5 rings (SSSR count). The second-order valence-corrected chi connectivity index (χ2v) is 12.1. The molecule has 43 heavy (non-hydrogen) atoms. The van der Waals surface area contributed by atoms with E-state index in [2.05, 4.69) is 22.5 Å². The maximum Gasteiger partial charge on any atom is 0.338 e. The van der Waals surface area contributed by atoms with Gasteiger partial charge in [0, 0.05) is 10.5 Å². The molecule has 0 amide bonds. The maximum atomic E-state index is 14.2. The number of carbonyl (C=O) groups is 1. The van der Waals surface area contributed by atoms with Crippen molar-refractivity contribution >= 4 is 56.8 Å². The third-order valence-corrected chi connectivity index (χ3v) is 9.02. The van der Waals surface area contributed by atoms with Crippen LogP contribution in [0.3, 0.4) is 0 Å². The highest BCUT2D eigenvalue weighted by Gasteiger charge is 2.35. The van der Waals surface area contributed by atoms with Crippen molar-refractivity contribution in [2.75, 3.05) is 26.6 Å². The summed E-state index contributed by atoms with van der Waals surface area (Å²) in [5.74, 6) is 0.543. The van der Waals surface area contributed by atoms with Gasteiger partial charge in [0.1, 0.15) is 6.61 Å². The van der Waals surface area contributed by atoms with Crippen LogP contribution in [0.15, 0.2) is 104 Å². The van der Waals surface area contributed by atoms with E-state index >= 15 is 0 Å². The summed E-state index contributed by atoms with van der Waals surface area (Å²) in [6, 6.07) is 20.3. The highest BCUT2D eigenvalue weighted by Crippen LogP contribution is 2.38. The zero-order valence-electron chi connectivity index (χ0n) is 23.8. The molecule has 0 aliphatic carbocycles. The minimum absolute atomic E-state index is 0.191. The van der Waals surface area contributed by atoms with Crippen LogP contribution in [-0.2, 0) is 9.53 Å². The first-order valence-corrected chi connectivity index (χ1v) is 16.3. The summed E-state index contributed by atoms with van der Waals surface area (Å²) in [6.45, 7) is 5.97.